The van der Waals surface area contributed by atoms with Crippen molar-refractivity contribution in [2.45, 2.75) is 57.0 Å². The number of rotatable bonds is 5. The summed E-state index contributed by atoms with van der Waals surface area (Å²) in [6, 6.07) is 8.12. The largest absolute Gasteiger partial charge is 0.494 e. The molecule has 2 aromatic rings. The van der Waals surface area contributed by atoms with Crippen molar-refractivity contribution in [1.29, 1.82) is 0 Å². The Bertz CT molecular complexity index is 1080. The van der Waals surface area contributed by atoms with Crippen LogP contribution in [-0.4, -0.2) is 32.0 Å². The Hall–Kier alpha value is -1.97. The number of hydrogen-bond donors (Lipinski definition) is 1. The summed E-state index contributed by atoms with van der Waals surface area (Å²) in [4.78, 5) is 0. The van der Waals surface area contributed by atoms with Crippen molar-refractivity contribution in [1.82, 2.24) is 0 Å². The molecule has 0 bridgehead atoms. The lowest BCUT2D eigenvalue weighted by Crippen LogP contribution is -2.41. The van der Waals surface area contributed by atoms with Crippen LogP contribution in [0.1, 0.15) is 40.5 Å². The highest BCUT2D eigenvalue weighted by atomic mass is 32.2. The van der Waals surface area contributed by atoms with Crippen molar-refractivity contribution in [2.24, 2.45) is 0 Å². The second-order valence-corrected chi connectivity index (χ2v) is 10.9. The van der Waals surface area contributed by atoms with Gasteiger partial charge in [0.25, 0.3) is 0 Å². The minimum Gasteiger partial charge on any atom is -0.399 e. The molecule has 30 heavy (non-hydrogen) atoms. The molecule has 0 radical (unpaired) electrons. The van der Waals surface area contributed by atoms with Gasteiger partial charge < -0.3 is 9.31 Å². The molecule has 2 aliphatic rings. The average molecular weight is 435 g/mol. The molecule has 160 valence electrons. The van der Waals surface area contributed by atoms with E-state index in [9.17, 15) is 17.2 Å². The zero-order valence-corrected chi connectivity index (χ0v) is 18.1. The van der Waals surface area contributed by atoms with Crippen LogP contribution in [0.2, 0.25) is 0 Å². The quantitative estimate of drug-likeness (QED) is 0.726. The van der Waals surface area contributed by atoms with E-state index in [1.807, 2.05) is 27.7 Å². The summed E-state index contributed by atoms with van der Waals surface area (Å²) < 4.78 is 67.5. The molecule has 0 spiro atoms. The fourth-order valence-corrected chi connectivity index (χ4v) is 4.70. The molecule has 9 heteroatoms. The van der Waals surface area contributed by atoms with Gasteiger partial charge in [0.2, 0.25) is 10.0 Å². The van der Waals surface area contributed by atoms with Gasteiger partial charge in [-0.2, -0.15) is 0 Å². The summed E-state index contributed by atoms with van der Waals surface area (Å²) in [7, 11) is -4.29. The Kier molecular flexibility index (Phi) is 4.99. The fraction of sp³-hybridized carbons (Fsp3) is 0.429. The Morgan fingerprint density at radius 3 is 2.20 bits per heavy atom. The molecule has 0 unspecified atom stereocenters. The van der Waals surface area contributed by atoms with Gasteiger partial charge >= 0.3 is 7.12 Å². The van der Waals surface area contributed by atoms with Crippen LogP contribution in [0.25, 0.3) is 11.1 Å². The second kappa shape index (κ2) is 7.04. The first-order chi connectivity index (χ1) is 13.9. The molecule has 1 aliphatic heterocycles. The standard InChI is InChI=1S/C21H24BF2NO4S/c1-20(2)21(3,4)29-22(28-20)14-9-13(18-8-5-15(23)12-19(18)24)10-16(11-14)25-30(26,27)17-6-7-17/h5,8-12,17,25H,6-7H2,1-4H3. The van der Waals surface area contributed by atoms with Gasteiger partial charge in [-0.05, 0) is 75.8 Å². The van der Waals surface area contributed by atoms with Gasteiger partial charge in [-0.25, -0.2) is 17.2 Å². The van der Waals surface area contributed by atoms with Crippen LogP contribution in [0.5, 0.6) is 0 Å². The van der Waals surface area contributed by atoms with Gasteiger partial charge in [0.15, 0.2) is 0 Å². The topological polar surface area (TPSA) is 64.6 Å². The molecular weight excluding hydrogens is 411 g/mol. The molecule has 1 saturated heterocycles. The monoisotopic (exact) mass is 435 g/mol. The molecule has 0 atom stereocenters. The van der Waals surface area contributed by atoms with Crippen molar-refractivity contribution in [3.05, 3.63) is 48.0 Å². The van der Waals surface area contributed by atoms with E-state index in [1.54, 1.807) is 12.1 Å². The lowest BCUT2D eigenvalue weighted by molar-refractivity contribution is 0.00578. The van der Waals surface area contributed by atoms with Crippen molar-refractivity contribution >= 4 is 28.3 Å². The molecule has 4 rings (SSSR count). The Morgan fingerprint density at radius 1 is 1.00 bits per heavy atom. The lowest BCUT2D eigenvalue weighted by Gasteiger charge is -2.32. The van der Waals surface area contributed by atoms with Gasteiger partial charge in [-0.3, -0.25) is 4.72 Å². The minimum absolute atomic E-state index is 0.154. The first kappa shape index (κ1) is 21.3. The normalized spacial score (nSPS) is 20.4. The maximum atomic E-state index is 14.5. The van der Waals surface area contributed by atoms with Gasteiger partial charge in [0.1, 0.15) is 11.6 Å². The molecule has 5 nitrogen and oxygen atoms in total. The van der Waals surface area contributed by atoms with Crippen LogP contribution in [0.4, 0.5) is 14.5 Å². The van der Waals surface area contributed by atoms with Gasteiger partial charge in [-0.15, -0.1) is 0 Å². The molecule has 0 amide bonds. The third kappa shape index (κ3) is 3.98. The van der Waals surface area contributed by atoms with Crippen molar-refractivity contribution in [3.8, 4) is 11.1 Å². The first-order valence-corrected chi connectivity index (χ1v) is 11.4. The summed E-state index contributed by atoms with van der Waals surface area (Å²) in [5, 5.41) is -0.413. The van der Waals surface area contributed by atoms with Crippen LogP contribution in [-0.2, 0) is 19.3 Å². The number of sulfonamides is 1. The highest BCUT2D eigenvalue weighted by Crippen LogP contribution is 2.37. The van der Waals surface area contributed by atoms with E-state index < -0.39 is 45.2 Å². The van der Waals surface area contributed by atoms with Crippen LogP contribution in [0, 0.1) is 11.6 Å². The van der Waals surface area contributed by atoms with Gasteiger partial charge in [0, 0.05) is 17.3 Å². The predicted molar refractivity (Wildman–Crippen MR) is 113 cm³/mol. The highest BCUT2D eigenvalue weighted by Gasteiger charge is 2.52. The number of hydrogen-bond acceptors (Lipinski definition) is 4. The zero-order chi connectivity index (χ0) is 21.9. The van der Waals surface area contributed by atoms with Gasteiger partial charge in [-0.1, -0.05) is 6.07 Å². The third-order valence-electron chi connectivity index (χ3n) is 5.95. The Labute approximate surface area is 176 Å². The number of anilines is 1. The third-order valence-corrected chi connectivity index (χ3v) is 7.82. The predicted octanol–water partition coefficient (Wildman–Crippen LogP) is 3.84. The number of nitrogens with one attached hydrogen (secondary N) is 1. The van der Waals surface area contributed by atoms with Crippen LogP contribution in [0.3, 0.4) is 0 Å². The smallest absolute Gasteiger partial charge is 0.399 e. The summed E-state index contributed by atoms with van der Waals surface area (Å²) >= 11 is 0. The Morgan fingerprint density at radius 2 is 1.63 bits per heavy atom. The molecule has 1 heterocycles. The van der Waals surface area contributed by atoms with Crippen molar-refractivity contribution < 1.29 is 26.5 Å². The molecule has 1 saturated carbocycles. The number of benzene rings is 2. The van der Waals surface area contributed by atoms with Crippen molar-refractivity contribution in [3.63, 3.8) is 0 Å². The summed E-state index contributed by atoms with van der Waals surface area (Å²) in [6.07, 6.45) is 1.23. The molecular formula is C21H24BF2NO4S. The van der Waals surface area contributed by atoms with E-state index in [0.29, 0.717) is 23.9 Å². The lowest BCUT2D eigenvalue weighted by atomic mass is 9.77. The van der Waals surface area contributed by atoms with Crippen molar-refractivity contribution in [2.75, 3.05) is 4.72 Å². The van der Waals surface area contributed by atoms with E-state index in [1.165, 1.54) is 12.1 Å². The zero-order valence-electron chi connectivity index (χ0n) is 17.3. The fourth-order valence-electron chi connectivity index (χ4n) is 3.33. The van der Waals surface area contributed by atoms with E-state index in [4.69, 9.17) is 9.31 Å². The summed E-state index contributed by atoms with van der Waals surface area (Å²) in [5.74, 6) is -1.43. The SMILES string of the molecule is CC1(C)OB(c2cc(NS(=O)(=O)C3CC3)cc(-c3ccc(F)cc3F)c2)OC1(C)C. The maximum Gasteiger partial charge on any atom is 0.494 e. The van der Waals surface area contributed by atoms with E-state index >= 15 is 0 Å². The molecule has 1 N–H and O–H groups in total. The van der Waals surface area contributed by atoms with E-state index in [2.05, 4.69) is 4.72 Å². The van der Waals surface area contributed by atoms with Crippen LogP contribution < -0.4 is 10.2 Å². The van der Waals surface area contributed by atoms with Gasteiger partial charge in [0.05, 0.1) is 16.5 Å². The van der Waals surface area contributed by atoms with Crippen LogP contribution >= 0.6 is 0 Å². The highest BCUT2D eigenvalue weighted by molar-refractivity contribution is 7.93. The summed E-state index contributed by atoms with van der Waals surface area (Å²) in [6.45, 7) is 7.64. The van der Waals surface area contributed by atoms with E-state index in [-0.39, 0.29) is 11.3 Å². The molecule has 2 fully saturated rings. The molecule has 2 aromatic carbocycles. The maximum absolute atomic E-state index is 14.5. The molecule has 0 aromatic heterocycles. The van der Waals surface area contributed by atoms with Crippen LogP contribution in [0.15, 0.2) is 36.4 Å². The summed E-state index contributed by atoms with van der Waals surface area (Å²) in [5.41, 5.74) is 0.191. The van der Waals surface area contributed by atoms with E-state index in [0.717, 1.165) is 12.1 Å². The first-order valence-electron chi connectivity index (χ1n) is 9.86. The average Bonchev–Trinajstić information content (AvgIpc) is 3.42. The minimum atomic E-state index is -3.53. The number of halogens is 2. The Balaban J connectivity index is 1.78. The second-order valence-electron chi connectivity index (χ2n) is 8.90. The molecule has 1 aliphatic carbocycles.